The number of anilines is 2. The summed E-state index contributed by atoms with van der Waals surface area (Å²) in [5.41, 5.74) is 0.212. The summed E-state index contributed by atoms with van der Waals surface area (Å²) >= 11 is 0. The molecule has 4 amide bonds. The van der Waals surface area contributed by atoms with Crippen molar-refractivity contribution in [2.45, 2.75) is 26.0 Å². The number of halogens is 2. The number of methoxy groups -OCH3 is 1. The predicted octanol–water partition coefficient (Wildman–Crippen LogP) is 4.05. The second kappa shape index (κ2) is 13.3. The molecule has 13 heteroatoms. The number of hydrogen-bond acceptors (Lipinski definition) is 7. The smallest absolute Gasteiger partial charge is 0.323 e. The van der Waals surface area contributed by atoms with Gasteiger partial charge in [0.05, 0.1) is 29.6 Å². The van der Waals surface area contributed by atoms with E-state index in [4.69, 9.17) is 9.47 Å². The molecule has 4 rings (SSSR count). The fourth-order valence-electron chi connectivity index (χ4n) is 4.57. The summed E-state index contributed by atoms with van der Waals surface area (Å²) in [4.78, 5) is 50.8. The lowest BCUT2D eigenvalue weighted by atomic mass is 10.0. The first kappa shape index (κ1) is 30.3. The number of benzene rings is 2. The molecule has 0 spiro atoms. The van der Waals surface area contributed by atoms with Gasteiger partial charge >= 0.3 is 6.03 Å². The van der Waals surface area contributed by atoms with E-state index in [2.05, 4.69) is 20.6 Å². The number of nitrogens with one attached hydrogen (secondary N) is 2. The van der Waals surface area contributed by atoms with E-state index in [1.165, 1.54) is 41.7 Å². The number of hydrogen-bond donors (Lipinski definition) is 2. The van der Waals surface area contributed by atoms with Crippen LogP contribution in [0, 0.1) is 17.6 Å². The molecule has 0 unspecified atom stereocenters. The Bertz CT molecular complexity index is 1440. The summed E-state index contributed by atoms with van der Waals surface area (Å²) in [6, 6.07) is 5.88. The zero-order chi connectivity index (χ0) is 30.4. The normalized spacial score (nSPS) is 19.6. The van der Waals surface area contributed by atoms with Gasteiger partial charge in [-0.05, 0) is 37.3 Å². The topological polar surface area (TPSA) is 126 Å². The Labute approximate surface area is 241 Å². The molecule has 42 heavy (non-hydrogen) atoms. The molecule has 2 aromatic carbocycles. The average Bonchev–Trinajstić information content (AvgIpc) is 2.98. The summed E-state index contributed by atoms with van der Waals surface area (Å²) < 4.78 is 39.3. The fraction of sp³-hybridized carbons (Fsp3) is 0.345. The Kier molecular flexibility index (Phi) is 9.63. The number of urea groups is 1. The zero-order valence-electron chi connectivity index (χ0n) is 23.6. The third kappa shape index (κ3) is 7.16. The highest BCUT2D eigenvalue weighted by atomic mass is 19.1. The van der Waals surface area contributed by atoms with Crippen molar-refractivity contribution in [1.29, 1.82) is 0 Å². The van der Waals surface area contributed by atoms with Gasteiger partial charge in [0.25, 0.3) is 11.8 Å². The molecular weight excluding hydrogens is 550 g/mol. The maximum Gasteiger partial charge on any atom is 0.323 e. The highest BCUT2D eigenvalue weighted by Gasteiger charge is 2.31. The minimum atomic E-state index is -0.839. The van der Waals surface area contributed by atoms with Gasteiger partial charge in [-0.1, -0.05) is 6.92 Å². The number of nitrogens with zero attached hydrogens (tertiary/aromatic N) is 4. The van der Waals surface area contributed by atoms with Crippen molar-refractivity contribution >= 4 is 29.2 Å². The van der Waals surface area contributed by atoms with Crippen molar-refractivity contribution in [3.63, 3.8) is 0 Å². The Balaban J connectivity index is 1.61. The molecule has 1 aliphatic rings. The molecule has 0 bridgehead atoms. The van der Waals surface area contributed by atoms with Gasteiger partial charge in [0.15, 0.2) is 0 Å². The van der Waals surface area contributed by atoms with Crippen LogP contribution < -0.4 is 15.4 Å². The van der Waals surface area contributed by atoms with E-state index in [1.807, 2.05) is 13.8 Å². The van der Waals surface area contributed by atoms with Crippen molar-refractivity contribution in [3.05, 3.63) is 77.9 Å². The van der Waals surface area contributed by atoms with Crippen molar-refractivity contribution in [2.75, 3.05) is 44.5 Å². The molecular formula is C29H32F2N6O5. The molecule has 0 radical (unpaired) electrons. The van der Waals surface area contributed by atoms with Crippen LogP contribution in [0.2, 0.25) is 0 Å². The van der Waals surface area contributed by atoms with Crippen LogP contribution in [0.4, 0.5) is 25.0 Å². The SMILES string of the molecule is CO[C@@H]1CN(C)C(=O)c2cc(NC(=O)Nc3cc(F)ccc3F)ccc2OC[C@@H](C)N(C(=O)c2cnccn2)C[C@@H]1C. The third-order valence-electron chi connectivity index (χ3n) is 6.92. The number of likely N-dealkylation sites (N-methyl/N-ethyl adjacent to an activating group) is 1. The standard InChI is InChI=1S/C29H32F2N6O5/c1-17-14-37(28(39)24-13-32-9-10-33-24)18(2)16-42-25-8-6-20(12-21(25)27(38)36(3)15-26(17)41-4)34-29(40)35-23-11-19(30)5-7-22(23)31/h5-13,17-18,26H,14-16H2,1-4H3,(H2,34,35,40)/t17-,18+,26+/m0/s1. The van der Waals surface area contributed by atoms with Crippen molar-refractivity contribution in [2.24, 2.45) is 5.92 Å². The van der Waals surface area contributed by atoms with Gasteiger partial charge in [0, 0.05) is 57.3 Å². The summed E-state index contributed by atoms with van der Waals surface area (Å²) in [5, 5.41) is 4.78. The number of carbonyl (C=O) groups is 3. The second-order valence-corrected chi connectivity index (χ2v) is 10.1. The molecule has 3 aromatic rings. The number of ether oxygens (including phenoxy) is 2. The summed E-state index contributed by atoms with van der Waals surface area (Å²) in [5.74, 6) is -2.17. The molecule has 0 aliphatic carbocycles. The Hall–Kier alpha value is -4.65. The minimum Gasteiger partial charge on any atom is -0.491 e. The van der Waals surface area contributed by atoms with E-state index in [0.717, 1.165) is 18.2 Å². The monoisotopic (exact) mass is 582 g/mol. The lowest BCUT2D eigenvalue weighted by Crippen LogP contribution is -2.48. The van der Waals surface area contributed by atoms with Crippen LogP contribution in [0.5, 0.6) is 5.75 Å². The van der Waals surface area contributed by atoms with Crippen LogP contribution in [0.1, 0.15) is 34.7 Å². The van der Waals surface area contributed by atoms with Crippen molar-refractivity contribution in [3.8, 4) is 5.75 Å². The number of amides is 4. The molecule has 0 saturated heterocycles. The van der Waals surface area contributed by atoms with Gasteiger partial charge in [0.2, 0.25) is 0 Å². The van der Waals surface area contributed by atoms with Crippen molar-refractivity contribution < 1.29 is 32.6 Å². The Morgan fingerprint density at radius 1 is 1.07 bits per heavy atom. The summed E-state index contributed by atoms with van der Waals surface area (Å²) in [6.07, 6.45) is 3.92. The molecule has 1 aromatic heterocycles. The summed E-state index contributed by atoms with van der Waals surface area (Å²) in [7, 11) is 3.16. The molecule has 0 fully saturated rings. The van der Waals surface area contributed by atoms with E-state index < -0.39 is 29.8 Å². The van der Waals surface area contributed by atoms with E-state index in [-0.39, 0.29) is 59.3 Å². The van der Waals surface area contributed by atoms with Crippen LogP contribution >= 0.6 is 0 Å². The van der Waals surface area contributed by atoms with Gasteiger partial charge in [-0.15, -0.1) is 0 Å². The number of fused-ring (bicyclic) bond motifs is 1. The third-order valence-corrected chi connectivity index (χ3v) is 6.92. The minimum absolute atomic E-state index is 0.0481. The maximum absolute atomic E-state index is 14.0. The molecule has 11 nitrogen and oxygen atoms in total. The molecule has 2 heterocycles. The van der Waals surface area contributed by atoms with Crippen LogP contribution in [0.25, 0.3) is 0 Å². The van der Waals surface area contributed by atoms with Crippen LogP contribution in [-0.4, -0.2) is 83.6 Å². The van der Waals surface area contributed by atoms with Gasteiger partial charge in [-0.2, -0.15) is 0 Å². The van der Waals surface area contributed by atoms with E-state index in [1.54, 1.807) is 19.1 Å². The van der Waals surface area contributed by atoms with Gasteiger partial charge in [0.1, 0.15) is 29.7 Å². The average molecular weight is 583 g/mol. The highest BCUT2D eigenvalue weighted by molar-refractivity contribution is 6.02. The predicted molar refractivity (Wildman–Crippen MR) is 150 cm³/mol. The molecule has 1 aliphatic heterocycles. The lowest BCUT2D eigenvalue weighted by Gasteiger charge is -2.35. The number of aromatic nitrogens is 2. The first-order chi connectivity index (χ1) is 20.1. The first-order valence-corrected chi connectivity index (χ1v) is 13.2. The highest BCUT2D eigenvalue weighted by Crippen LogP contribution is 2.27. The lowest BCUT2D eigenvalue weighted by molar-refractivity contribution is 0.0109. The molecule has 2 N–H and O–H groups in total. The first-order valence-electron chi connectivity index (χ1n) is 13.2. The van der Waals surface area contributed by atoms with Gasteiger partial charge < -0.3 is 29.9 Å². The maximum atomic E-state index is 14.0. The molecule has 0 saturated carbocycles. The van der Waals surface area contributed by atoms with E-state index >= 15 is 0 Å². The van der Waals surface area contributed by atoms with Crippen molar-refractivity contribution in [1.82, 2.24) is 19.8 Å². The quantitative estimate of drug-likeness (QED) is 0.476. The second-order valence-electron chi connectivity index (χ2n) is 10.1. The number of carbonyl (C=O) groups excluding carboxylic acids is 3. The zero-order valence-corrected chi connectivity index (χ0v) is 23.6. The Morgan fingerprint density at radius 3 is 2.57 bits per heavy atom. The fourth-order valence-corrected chi connectivity index (χ4v) is 4.57. The van der Waals surface area contributed by atoms with Crippen LogP contribution in [-0.2, 0) is 4.74 Å². The molecule has 3 atom stereocenters. The molecule has 222 valence electrons. The van der Waals surface area contributed by atoms with E-state index in [0.29, 0.717) is 6.54 Å². The van der Waals surface area contributed by atoms with E-state index in [9.17, 15) is 23.2 Å². The van der Waals surface area contributed by atoms with Gasteiger partial charge in [-0.3, -0.25) is 14.6 Å². The largest absolute Gasteiger partial charge is 0.491 e. The Morgan fingerprint density at radius 2 is 1.86 bits per heavy atom. The number of rotatable bonds is 4. The summed E-state index contributed by atoms with van der Waals surface area (Å²) in [6.45, 7) is 4.32. The van der Waals surface area contributed by atoms with Gasteiger partial charge in [-0.25, -0.2) is 18.6 Å². The van der Waals surface area contributed by atoms with Crippen LogP contribution in [0.15, 0.2) is 55.0 Å². The van der Waals surface area contributed by atoms with Crippen LogP contribution in [0.3, 0.4) is 0 Å².